The highest BCUT2D eigenvalue weighted by atomic mass is 32.1. The van der Waals surface area contributed by atoms with E-state index < -0.39 is 0 Å². The topological polar surface area (TPSA) is 54.8 Å². The van der Waals surface area contributed by atoms with Crippen LogP contribution in [0.4, 0.5) is 0 Å². The van der Waals surface area contributed by atoms with Crippen molar-refractivity contribution in [2.75, 3.05) is 13.8 Å². The third kappa shape index (κ3) is 2.83. The van der Waals surface area contributed by atoms with Gasteiger partial charge in [-0.2, -0.15) is 0 Å². The molecule has 0 fully saturated rings. The van der Waals surface area contributed by atoms with Crippen LogP contribution in [0.5, 0.6) is 17.2 Å². The number of hydrogen-bond acceptors (Lipinski definition) is 6. The molecule has 0 unspecified atom stereocenters. The molecule has 5 nitrogen and oxygen atoms in total. The quantitative estimate of drug-likeness (QED) is 0.796. The van der Waals surface area contributed by atoms with Crippen LogP contribution in [0.1, 0.15) is 10.6 Å². The Balaban J connectivity index is 1.50. The molecule has 0 aliphatic carbocycles. The number of rotatable bonds is 4. The van der Waals surface area contributed by atoms with Crippen molar-refractivity contribution in [1.29, 1.82) is 0 Å². The molecule has 0 bridgehead atoms. The van der Waals surface area contributed by atoms with E-state index in [9.17, 15) is 5.11 Å². The molecule has 0 amide bonds. The second-order valence-corrected chi connectivity index (χ2v) is 6.70. The van der Waals surface area contributed by atoms with Crippen LogP contribution in [0, 0.1) is 0 Å². The SMILES string of the molecule is CN(Cc1nc2ccccc2s1)Cc1cc2c(cc1O)OCO2. The number of benzene rings is 2. The Kier molecular flexibility index (Phi) is 3.55. The largest absolute Gasteiger partial charge is 0.507 e. The lowest BCUT2D eigenvalue weighted by molar-refractivity contribution is 0.174. The minimum atomic E-state index is 0.208. The minimum absolute atomic E-state index is 0.208. The lowest BCUT2D eigenvalue weighted by atomic mass is 10.1. The van der Waals surface area contributed by atoms with Crippen molar-refractivity contribution >= 4 is 21.6 Å². The zero-order chi connectivity index (χ0) is 15.8. The first-order valence-corrected chi connectivity index (χ1v) is 8.15. The first-order valence-electron chi connectivity index (χ1n) is 7.33. The molecule has 1 aromatic heterocycles. The normalized spacial score (nSPS) is 13.1. The second-order valence-electron chi connectivity index (χ2n) is 5.58. The summed E-state index contributed by atoms with van der Waals surface area (Å²) in [5.74, 6) is 1.51. The summed E-state index contributed by atoms with van der Waals surface area (Å²) in [6.45, 7) is 1.55. The molecule has 3 aromatic rings. The van der Waals surface area contributed by atoms with E-state index in [1.54, 1.807) is 17.4 Å². The Hall–Kier alpha value is -2.31. The Labute approximate surface area is 137 Å². The zero-order valence-electron chi connectivity index (χ0n) is 12.7. The van der Waals surface area contributed by atoms with E-state index in [0.29, 0.717) is 18.0 Å². The zero-order valence-corrected chi connectivity index (χ0v) is 13.5. The summed E-state index contributed by atoms with van der Waals surface area (Å²) in [6, 6.07) is 11.6. The van der Waals surface area contributed by atoms with Gasteiger partial charge in [-0.25, -0.2) is 4.98 Å². The molecule has 4 rings (SSSR count). The number of nitrogens with zero attached hydrogens (tertiary/aromatic N) is 2. The maximum Gasteiger partial charge on any atom is 0.231 e. The molecule has 1 N–H and O–H groups in total. The molecule has 0 radical (unpaired) electrons. The van der Waals surface area contributed by atoms with Gasteiger partial charge in [0.15, 0.2) is 11.5 Å². The standard InChI is InChI=1S/C17H16N2O3S/c1-19(9-17-18-12-4-2-3-5-16(12)23-17)8-11-6-14-15(7-13(11)20)22-10-21-14/h2-7,20H,8-10H2,1H3. The van der Waals surface area contributed by atoms with Gasteiger partial charge in [-0.05, 0) is 25.2 Å². The van der Waals surface area contributed by atoms with Crippen molar-refractivity contribution < 1.29 is 14.6 Å². The number of ether oxygens (including phenoxy) is 2. The molecule has 1 aliphatic rings. The fourth-order valence-corrected chi connectivity index (χ4v) is 3.71. The van der Waals surface area contributed by atoms with E-state index >= 15 is 0 Å². The predicted octanol–water partition coefficient (Wildman–Crippen LogP) is 3.36. The molecule has 2 aromatic carbocycles. The third-order valence-corrected chi connectivity index (χ3v) is 4.78. The molecule has 0 spiro atoms. The van der Waals surface area contributed by atoms with Gasteiger partial charge in [0, 0.05) is 18.2 Å². The van der Waals surface area contributed by atoms with E-state index in [1.165, 1.54) is 4.70 Å². The van der Waals surface area contributed by atoms with Gasteiger partial charge in [0.1, 0.15) is 10.8 Å². The van der Waals surface area contributed by atoms with Crippen LogP contribution >= 0.6 is 11.3 Å². The molecule has 23 heavy (non-hydrogen) atoms. The van der Waals surface area contributed by atoms with Crippen molar-refractivity contribution in [3.8, 4) is 17.2 Å². The Bertz CT molecular complexity index is 829. The fraction of sp³-hybridized carbons (Fsp3) is 0.235. The Morgan fingerprint density at radius 3 is 2.78 bits per heavy atom. The lowest BCUT2D eigenvalue weighted by Gasteiger charge is -2.16. The Morgan fingerprint density at radius 2 is 1.96 bits per heavy atom. The maximum absolute atomic E-state index is 10.1. The highest BCUT2D eigenvalue weighted by Gasteiger charge is 2.18. The maximum atomic E-state index is 10.1. The van der Waals surface area contributed by atoms with Gasteiger partial charge in [0.2, 0.25) is 6.79 Å². The van der Waals surface area contributed by atoms with Crippen LogP contribution in [0.15, 0.2) is 36.4 Å². The predicted molar refractivity (Wildman–Crippen MR) is 89.0 cm³/mol. The van der Waals surface area contributed by atoms with Gasteiger partial charge < -0.3 is 14.6 Å². The van der Waals surface area contributed by atoms with E-state index in [1.807, 2.05) is 31.3 Å². The first-order chi connectivity index (χ1) is 11.2. The number of hydrogen-bond donors (Lipinski definition) is 1. The summed E-state index contributed by atoms with van der Waals surface area (Å²) in [5, 5.41) is 11.2. The monoisotopic (exact) mass is 328 g/mol. The summed E-state index contributed by atoms with van der Waals surface area (Å²) >= 11 is 1.70. The van der Waals surface area contributed by atoms with E-state index in [0.717, 1.165) is 22.6 Å². The molecule has 0 saturated heterocycles. The number of aromatic nitrogens is 1. The van der Waals surface area contributed by atoms with Crippen molar-refractivity contribution in [1.82, 2.24) is 9.88 Å². The highest BCUT2D eigenvalue weighted by molar-refractivity contribution is 7.18. The number of fused-ring (bicyclic) bond motifs is 2. The van der Waals surface area contributed by atoms with Crippen LogP contribution in [-0.4, -0.2) is 28.8 Å². The lowest BCUT2D eigenvalue weighted by Crippen LogP contribution is -2.17. The number of thiazole rings is 1. The average molecular weight is 328 g/mol. The van der Waals surface area contributed by atoms with E-state index in [2.05, 4.69) is 16.0 Å². The molecular weight excluding hydrogens is 312 g/mol. The van der Waals surface area contributed by atoms with Crippen LogP contribution in [0.3, 0.4) is 0 Å². The summed E-state index contributed by atoms with van der Waals surface area (Å²) in [5.41, 5.74) is 1.85. The molecule has 2 heterocycles. The molecular formula is C17H16N2O3S. The summed E-state index contributed by atoms with van der Waals surface area (Å²) in [6.07, 6.45) is 0. The first kappa shape index (κ1) is 14.3. The van der Waals surface area contributed by atoms with Gasteiger partial charge in [-0.1, -0.05) is 12.1 Å². The van der Waals surface area contributed by atoms with Crippen LogP contribution in [0.25, 0.3) is 10.2 Å². The molecule has 0 atom stereocenters. The van der Waals surface area contributed by atoms with E-state index in [4.69, 9.17) is 9.47 Å². The Morgan fingerprint density at radius 1 is 1.17 bits per heavy atom. The van der Waals surface area contributed by atoms with Crippen LogP contribution in [-0.2, 0) is 13.1 Å². The van der Waals surface area contributed by atoms with Gasteiger partial charge in [0.05, 0.1) is 16.8 Å². The number of phenols is 1. The van der Waals surface area contributed by atoms with Gasteiger partial charge in [-0.15, -0.1) is 11.3 Å². The molecule has 6 heteroatoms. The number of phenolic OH excluding ortho intramolecular Hbond substituents is 1. The molecule has 0 saturated carbocycles. The second kappa shape index (κ2) is 5.72. The van der Waals surface area contributed by atoms with Crippen molar-refractivity contribution in [2.45, 2.75) is 13.1 Å². The highest BCUT2D eigenvalue weighted by Crippen LogP contribution is 2.38. The fourth-order valence-electron chi connectivity index (χ4n) is 2.67. The van der Waals surface area contributed by atoms with Crippen molar-refractivity contribution in [3.05, 3.63) is 47.0 Å². The van der Waals surface area contributed by atoms with Gasteiger partial charge in [0.25, 0.3) is 0 Å². The van der Waals surface area contributed by atoms with Gasteiger partial charge >= 0.3 is 0 Å². The molecule has 118 valence electrons. The smallest absolute Gasteiger partial charge is 0.231 e. The van der Waals surface area contributed by atoms with Gasteiger partial charge in [-0.3, -0.25) is 4.90 Å². The summed E-state index contributed by atoms with van der Waals surface area (Å²) < 4.78 is 11.8. The third-order valence-electron chi connectivity index (χ3n) is 3.76. The summed E-state index contributed by atoms with van der Waals surface area (Å²) in [7, 11) is 2.01. The van der Waals surface area contributed by atoms with Crippen molar-refractivity contribution in [2.24, 2.45) is 0 Å². The summed E-state index contributed by atoms with van der Waals surface area (Å²) in [4.78, 5) is 6.76. The van der Waals surface area contributed by atoms with Crippen molar-refractivity contribution in [3.63, 3.8) is 0 Å². The average Bonchev–Trinajstić information content (AvgIpc) is 3.12. The minimum Gasteiger partial charge on any atom is -0.507 e. The van der Waals surface area contributed by atoms with Crippen LogP contribution < -0.4 is 9.47 Å². The number of aromatic hydroxyl groups is 1. The number of para-hydroxylation sites is 1. The van der Waals surface area contributed by atoms with Crippen LogP contribution in [0.2, 0.25) is 0 Å². The van der Waals surface area contributed by atoms with E-state index in [-0.39, 0.29) is 12.5 Å². The molecule has 1 aliphatic heterocycles.